The smallest absolute Gasteiger partial charge is 0.189 e. The van der Waals surface area contributed by atoms with Crippen molar-refractivity contribution in [3.05, 3.63) is 36.4 Å². The third-order valence-electron chi connectivity index (χ3n) is 8.17. The molecule has 0 amide bonds. The molecule has 3 heteroatoms. The third kappa shape index (κ3) is 3.49. The van der Waals surface area contributed by atoms with E-state index in [1.165, 1.54) is 73.6 Å². The van der Waals surface area contributed by atoms with Gasteiger partial charge in [-0.2, -0.15) is 0 Å². The Labute approximate surface area is 177 Å². The minimum Gasteiger partial charge on any atom is -0.467 e. The maximum atomic E-state index is 6.40. The second-order valence-electron chi connectivity index (χ2n) is 10.0. The molecular formula is C26H34O2S. The Kier molecular flexibility index (Phi) is 5.00. The van der Waals surface area contributed by atoms with E-state index in [9.17, 15) is 0 Å². The average Bonchev–Trinajstić information content (AvgIpc) is 2.76. The first-order valence-electron chi connectivity index (χ1n) is 11.9. The average molecular weight is 411 g/mol. The molecule has 0 spiro atoms. The van der Waals surface area contributed by atoms with E-state index >= 15 is 0 Å². The van der Waals surface area contributed by atoms with Crippen LogP contribution in [0.5, 0.6) is 5.75 Å². The van der Waals surface area contributed by atoms with E-state index in [1.54, 1.807) is 4.90 Å². The minimum atomic E-state index is 0.00412. The Bertz CT molecular complexity index is 844. The highest BCUT2D eigenvalue weighted by Crippen LogP contribution is 2.54. The first-order chi connectivity index (χ1) is 14.3. The summed E-state index contributed by atoms with van der Waals surface area (Å²) in [4.78, 5) is 1.59. The van der Waals surface area contributed by atoms with Crippen LogP contribution in [0.15, 0.2) is 41.3 Å². The summed E-state index contributed by atoms with van der Waals surface area (Å²) in [5.41, 5.74) is 0. The van der Waals surface area contributed by atoms with Crippen molar-refractivity contribution in [3.63, 3.8) is 0 Å². The highest BCUT2D eigenvalue weighted by molar-refractivity contribution is 8.17. The highest BCUT2D eigenvalue weighted by atomic mass is 32.2. The van der Waals surface area contributed by atoms with Crippen molar-refractivity contribution < 1.29 is 9.47 Å². The number of benzene rings is 2. The minimum absolute atomic E-state index is 0.00412. The van der Waals surface area contributed by atoms with Crippen LogP contribution >= 0.6 is 10.9 Å². The van der Waals surface area contributed by atoms with E-state index in [1.807, 2.05) is 0 Å². The Morgan fingerprint density at radius 1 is 0.759 bits per heavy atom. The normalized spacial score (nSPS) is 34.6. The van der Waals surface area contributed by atoms with Gasteiger partial charge in [0.05, 0.1) is 6.10 Å². The molecule has 4 saturated carbocycles. The van der Waals surface area contributed by atoms with Crippen molar-refractivity contribution in [2.24, 2.45) is 23.7 Å². The van der Waals surface area contributed by atoms with Gasteiger partial charge in [-0.05, 0) is 103 Å². The van der Waals surface area contributed by atoms with Crippen LogP contribution < -0.4 is 4.74 Å². The maximum absolute atomic E-state index is 6.40. The second-order valence-corrected chi connectivity index (χ2v) is 12.5. The molecule has 1 heterocycles. The van der Waals surface area contributed by atoms with Crippen LogP contribution in [0.2, 0.25) is 0 Å². The standard InChI is InChI=1S/C26H34O2S/c1-4-10-29(11-5-1)25-9-8-24(22-6-2-3-7-23(22)25)27-17-28-26-20-13-18-12-19(15-20)16-21(26)14-18/h2-3,6-9,18-21,26,29H,1,4-5,10-17H2. The summed E-state index contributed by atoms with van der Waals surface area (Å²) in [5, 5.41) is 2.68. The van der Waals surface area contributed by atoms with Crippen molar-refractivity contribution in [2.45, 2.75) is 62.4 Å². The molecule has 2 nitrogen and oxygen atoms in total. The Morgan fingerprint density at radius 3 is 2.17 bits per heavy atom. The summed E-state index contributed by atoms with van der Waals surface area (Å²) in [7, 11) is 0.00412. The molecule has 156 valence electrons. The predicted molar refractivity (Wildman–Crippen MR) is 122 cm³/mol. The SMILES string of the molecule is c1ccc2c([SH]3CCCCC3)ccc(OCOC3C4CC5CC(C4)CC3C5)c2c1. The number of thiol groups is 1. The largest absolute Gasteiger partial charge is 0.467 e. The van der Waals surface area contributed by atoms with E-state index in [-0.39, 0.29) is 10.9 Å². The van der Waals surface area contributed by atoms with Crippen LogP contribution in [0, 0.1) is 23.7 Å². The molecule has 4 aliphatic carbocycles. The van der Waals surface area contributed by atoms with Crippen molar-refractivity contribution in [1.29, 1.82) is 0 Å². The van der Waals surface area contributed by atoms with Crippen molar-refractivity contribution in [2.75, 3.05) is 18.3 Å². The van der Waals surface area contributed by atoms with E-state index in [2.05, 4.69) is 36.4 Å². The lowest BCUT2D eigenvalue weighted by Crippen LogP contribution is -2.49. The van der Waals surface area contributed by atoms with Crippen LogP contribution in [0.25, 0.3) is 10.8 Å². The van der Waals surface area contributed by atoms with Crippen molar-refractivity contribution >= 4 is 21.7 Å². The zero-order chi connectivity index (χ0) is 19.2. The molecule has 1 aliphatic heterocycles. The van der Waals surface area contributed by atoms with Gasteiger partial charge in [0.2, 0.25) is 0 Å². The fourth-order valence-electron chi connectivity index (χ4n) is 7.12. The molecule has 1 saturated heterocycles. The Balaban J connectivity index is 1.17. The molecule has 0 radical (unpaired) electrons. The highest BCUT2D eigenvalue weighted by Gasteiger charge is 2.48. The summed E-state index contributed by atoms with van der Waals surface area (Å²) in [6.07, 6.45) is 11.8. The molecular weight excluding hydrogens is 376 g/mol. The fourth-order valence-corrected chi connectivity index (χ4v) is 9.85. The van der Waals surface area contributed by atoms with E-state index in [0.717, 1.165) is 29.4 Å². The van der Waals surface area contributed by atoms with Gasteiger partial charge in [0.15, 0.2) is 6.79 Å². The molecule has 29 heavy (non-hydrogen) atoms. The topological polar surface area (TPSA) is 18.5 Å². The molecule has 0 atom stereocenters. The van der Waals surface area contributed by atoms with Gasteiger partial charge in [-0.25, -0.2) is 10.9 Å². The van der Waals surface area contributed by atoms with E-state index in [0.29, 0.717) is 12.9 Å². The predicted octanol–water partition coefficient (Wildman–Crippen LogP) is 6.56. The summed E-state index contributed by atoms with van der Waals surface area (Å²) in [6.45, 7) is 0.408. The number of ether oxygens (including phenoxy) is 2. The van der Waals surface area contributed by atoms with Gasteiger partial charge in [0.25, 0.3) is 0 Å². The van der Waals surface area contributed by atoms with Gasteiger partial charge in [-0.1, -0.05) is 30.7 Å². The summed E-state index contributed by atoms with van der Waals surface area (Å²) in [6, 6.07) is 13.4. The Morgan fingerprint density at radius 2 is 1.45 bits per heavy atom. The summed E-state index contributed by atoms with van der Waals surface area (Å²) >= 11 is 0. The molecule has 7 rings (SSSR count). The van der Waals surface area contributed by atoms with Gasteiger partial charge < -0.3 is 9.47 Å². The monoisotopic (exact) mass is 410 g/mol. The summed E-state index contributed by atoms with van der Waals surface area (Å²) < 4.78 is 12.7. The first kappa shape index (κ1) is 18.6. The number of hydrogen-bond donors (Lipinski definition) is 1. The van der Waals surface area contributed by atoms with Crippen molar-refractivity contribution in [1.82, 2.24) is 0 Å². The third-order valence-corrected chi connectivity index (χ3v) is 11.0. The van der Waals surface area contributed by atoms with Crippen LogP contribution in [-0.4, -0.2) is 24.4 Å². The van der Waals surface area contributed by atoms with E-state index in [4.69, 9.17) is 9.47 Å². The molecule has 0 aromatic heterocycles. The maximum Gasteiger partial charge on any atom is 0.189 e. The molecule has 5 fully saturated rings. The quantitative estimate of drug-likeness (QED) is 0.444. The zero-order valence-electron chi connectivity index (χ0n) is 17.4. The number of fused-ring (bicyclic) bond motifs is 1. The fraction of sp³-hybridized carbons (Fsp3) is 0.615. The molecule has 0 N–H and O–H groups in total. The van der Waals surface area contributed by atoms with Gasteiger partial charge in [-0.3, -0.25) is 0 Å². The molecule has 2 aromatic rings. The lowest BCUT2D eigenvalue weighted by molar-refractivity contribution is -0.154. The van der Waals surface area contributed by atoms with Gasteiger partial charge in [0, 0.05) is 5.39 Å². The van der Waals surface area contributed by atoms with E-state index < -0.39 is 0 Å². The van der Waals surface area contributed by atoms with Crippen LogP contribution in [-0.2, 0) is 4.74 Å². The van der Waals surface area contributed by atoms with Crippen LogP contribution in [0.4, 0.5) is 0 Å². The molecule has 0 unspecified atom stereocenters. The lowest BCUT2D eigenvalue weighted by Gasteiger charge is -2.53. The molecule has 2 aromatic carbocycles. The zero-order valence-corrected chi connectivity index (χ0v) is 18.3. The molecule has 5 aliphatic rings. The summed E-state index contributed by atoms with van der Waals surface area (Å²) in [5.74, 6) is 7.38. The van der Waals surface area contributed by atoms with Crippen LogP contribution in [0.3, 0.4) is 0 Å². The number of rotatable bonds is 5. The van der Waals surface area contributed by atoms with Crippen LogP contribution in [0.1, 0.15) is 51.4 Å². The second kappa shape index (κ2) is 7.81. The Hall–Kier alpha value is -1.19. The lowest BCUT2D eigenvalue weighted by atomic mass is 9.55. The first-order valence-corrected chi connectivity index (χ1v) is 13.6. The van der Waals surface area contributed by atoms with Gasteiger partial charge in [0.1, 0.15) is 5.75 Å². The van der Waals surface area contributed by atoms with Gasteiger partial charge in [-0.15, -0.1) is 0 Å². The number of hydrogen-bond acceptors (Lipinski definition) is 2. The van der Waals surface area contributed by atoms with Gasteiger partial charge >= 0.3 is 0 Å². The van der Waals surface area contributed by atoms with Crippen molar-refractivity contribution in [3.8, 4) is 5.75 Å². The molecule has 4 bridgehead atoms.